The fraction of sp³-hybridized carbons (Fsp3) is 0.312. The van der Waals surface area contributed by atoms with Crippen LogP contribution in [-0.4, -0.2) is 32.6 Å². The molecule has 0 fully saturated rings. The van der Waals surface area contributed by atoms with E-state index in [-0.39, 0.29) is 22.5 Å². The van der Waals surface area contributed by atoms with Crippen molar-refractivity contribution >= 4 is 17.7 Å². The van der Waals surface area contributed by atoms with E-state index >= 15 is 0 Å². The van der Waals surface area contributed by atoms with Gasteiger partial charge in [-0.15, -0.1) is 0 Å². The van der Waals surface area contributed by atoms with Crippen LogP contribution in [0.1, 0.15) is 31.1 Å². The van der Waals surface area contributed by atoms with Crippen LogP contribution in [0, 0.1) is 5.82 Å². The molecule has 0 spiro atoms. The number of carbonyl (C=O) groups is 2. The predicted molar refractivity (Wildman–Crippen MR) is 85.4 cm³/mol. The van der Waals surface area contributed by atoms with Crippen LogP contribution in [0.15, 0.2) is 24.4 Å². The molecule has 0 radical (unpaired) electrons. The minimum Gasteiger partial charge on any atom is -0.478 e. The molecule has 2 aromatic rings. The van der Waals surface area contributed by atoms with Crippen LogP contribution in [0.25, 0.3) is 11.3 Å². The Hall–Kier alpha value is -2.90. The number of nitrogens with zero attached hydrogens (tertiary/aromatic N) is 2. The van der Waals surface area contributed by atoms with E-state index in [1.54, 1.807) is 20.8 Å². The van der Waals surface area contributed by atoms with Crippen molar-refractivity contribution in [3.63, 3.8) is 0 Å². The van der Waals surface area contributed by atoms with Crippen LogP contribution in [0.3, 0.4) is 0 Å². The van der Waals surface area contributed by atoms with E-state index in [4.69, 9.17) is 4.74 Å². The average molecular weight is 335 g/mol. The number of anilines is 1. The van der Waals surface area contributed by atoms with Crippen molar-refractivity contribution in [2.45, 2.75) is 26.4 Å². The van der Waals surface area contributed by atoms with Gasteiger partial charge in [0.2, 0.25) is 0 Å². The van der Waals surface area contributed by atoms with E-state index in [0.29, 0.717) is 0 Å². The molecule has 2 N–H and O–H groups in total. The summed E-state index contributed by atoms with van der Waals surface area (Å²) in [5, 5.41) is 15.7. The Labute approximate surface area is 138 Å². The molecule has 8 heteroatoms. The van der Waals surface area contributed by atoms with Crippen LogP contribution < -0.4 is 5.32 Å². The summed E-state index contributed by atoms with van der Waals surface area (Å²) in [6, 6.07) is 3.64. The summed E-state index contributed by atoms with van der Waals surface area (Å²) in [4.78, 5) is 23.3. The molecule has 128 valence electrons. The van der Waals surface area contributed by atoms with Crippen LogP contribution in [-0.2, 0) is 11.8 Å². The fourth-order valence-electron chi connectivity index (χ4n) is 2.15. The maximum atomic E-state index is 13.7. The molecule has 1 amide bonds. The van der Waals surface area contributed by atoms with Gasteiger partial charge in [0.05, 0.1) is 17.6 Å². The van der Waals surface area contributed by atoms with Crippen LogP contribution >= 0.6 is 0 Å². The summed E-state index contributed by atoms with van der Waals surface area (Å²) in [6.45, 7) is 5.13. The van der Waals surface area contributed by atoms with Crippen LogP contribution in [0.4, 0.5) is 14.9 Å². The smallest absolute Gasteiger partial charge is 0.412 e. The van der Waals surface area contributed by atoms with Crippen LogP contribution in [0.5, 0.6) is 0 Å². The van der Waals surface area contributed by atoms with Gasteiger partial charge in [-0.25, -0.2) is 14.0 Å². The number of benzene rings is 1. The first kappa shape index (κ1) is 17.5. The Morgan fingerprint density at radius 2 is 2.00 bits per heavy atom. The van der Waals surface area contributed by atoms with Gasteiger partial charge in [-0.05, 0) is 39.0 Å². The van der Waals surface area contributed by atoms with Gasteiger partial charge in [-0.2, -0.15) is 5.10 Å². The van der Waals surface area contributed by atoms with Crippen molar-refractivity contribution in [1.82, 2.24) is 9.78 Å². The number of aromatic carboxylic acids is 1. The van der Waals surface area contributed by atoms with Crippen molar-refractivity contribution in [2.75, 3.05) is 5.32 Å². The summed E-state index contributed by atoms with van der Waals surface area (Å²) in [5.41, 5.74) is -0.221. The first-order chi connectivity index (χ1) is 11.1. The van der Waals surface area contributed by atoms with Gasteiger partial charge in [0.15, 0.2) is 0 Å². The number of hydrogen-bond donors (Lipinski definition) is 2. The van der Waals surface area contributed by atoms with E-state index in [9.17, 15) is 19.1 Å². The maximum absolute atomic E-state index is 13.7. The standard InChI is InChI=1S/C16H18FN3O4/c1-16(2,3)24-15(23)19-12-6-5-9(17)7-10(12)13-11(14(21)22)8-18-20(13)4/h5-8H,1-4H3,(H,19,23)(H,21,22). The molecular formula is C16H18FN3O4. The summed E-state index contributed by atoms with van der Waals surface area (Å²) >= 11 is 0. The zero-order chi connectivity index (χ0) is 18.1. The quantitative estimate of drug-likeness (QED) is 0.898. The minimum absolute atomic E-state index is 0.102. The third kappa shape index (κ3) is 3.89. The largest absolute Gasteiger partial charge is 0.478 e. The third-order valence-corrected chi connectivity index (χ3v) is 3.04. The number of halogens is 1. The molecule has 0 unspecified atom stereocenters. The summed E-state index contributed by atoms with van der Waals surface area (Å²) < 4.78 is 20.2. The van der Waals surface area contributed by atoms with Crippen molar-refractivity contribution < 1.29 is 23.8 Å². The fourth-order valence-corrected chi connectivity index (χ4v) is 2.15. The molecule has 0 aliphatic rings. The molecule has 7 nitrogen and oxygen atoms in total. The van der Waals surface area contributed by atoms with E-state index in [1.165, 1.54) is 24.0 Å². The zero-order valence-corrected chi connectivity index (χ0v) is 13.8. The number of rotatable bonds is 3. The highest BCUT2D eigenvalue weighted by Crippen LogP contribution is 2.31. The summed E-state index contributed by atoms with van der Waals surface area (Å²) in [6.07, 6.45) is 0.439. The van der Waals surface area contributed by atoms with Crippen molar-refractivity contribution in [2.24, 2.45) is 7.05 Å². The number of carboxylic acids is 1. The zero-order valence-electron chi connectivity index (χ0n) is 13.8. The molecule has 1 heterocycles. The van der Waals surface area contributed by atoms with Gasteiger partial charge >= 0.3 is 12.1 Å². The van der Waals surface area contributed by atoms with Crippen molar-refractivity contribution in [3.8, 4) is 11.3 Å². The van der Waals surface area contributed by atoms with E-state index in [0.717, 1.165) is 12.1 Å². The Morgan fingerprint density at radius 3 is 2.58 bits per heavy atom. The third-order valence-electron chi connectivity index (χ3n) is 3.04. The second-order valence-corrected chi connectivity index (χ2v) is 6.15. The minimum atomic E-state index is -1.20. The molecule has 0 atom stereocenters. The Bertz CT molecular complexity index is 793. The van der Waals surface area contributed by atoms with Gasteiger partial charge in [-0.3, -0.25) is 10.00 Å². The second-order valence-electron chi connectivity index (χ2n) is 6.15. The van der Waals surface area contributed by atoms with Gasteiger partial charge < -0.3 is 9.84 Å². The van der Waals surface area contributed by atoms with Crippen LogP contribution in [0.2, 0.25) is 0 Å². The molecule has 24 heavy (non-hydrogen) atoms. The number of aryl methyl sites for hydroxylation is 1. The van der Waals surface area contributed by atoms with E-state index in [1.807, 2.05) is 0 Å². The first-order valence-corrected chi connectivity index (χ1v) is 7.13. The van der Waals surface area contributed by atoms with Gasteiger partial charge in [-0.1, -0.05) is 0 Å². The van der Waals surface area contributed by atoms with E-state index < -0.39 is 23.5 Å². The lowest BCUT2D eigenvalue weighted by Crippen LogP contribution is -2.27. The number of carbonyl (C=O) groups excluding carboxylic acids is 1. The van der Waals surface area contributed by atoms with Crippen molar-refractivity contribution in [1.29, 1.82) is 0 Å². The molecule has 0 bridgehead atoms. The summed E-state index contributed by atoms with van der Waals surface area (Å²) in [5.74, 6) is -1.78. The lowest BCUT2D eigenvalue weighted by Gasteiger charge is -2.20. The molecule has 0 saturated heterocycles. The first-order valence-electron chi connectivity index (χ1n) is 7.13. The Morgan fingerprint density at radius 1 is 1.33 bits per heavy atom. The average Bonchev–Trinajstić information content (AvgIpc) is 2.80. The highest BCUT2D eigenvalue weighted by atomic mass is 19.1. The molecule has 2 rings (SSSR count). The molecule has 1 aromatic heterocycles. The normalized spacial score (nSPS) is 11.2. The van der Waals surface area contributed by atoms with Crippen molar-refractivity contribution in [3.05, 3.63) is 35.8 Å². The molecule has 0 aliphatic heterocycles. The number of amides is 1. The van der Waals surface area contributed by atoms with Gasteiger partial charge in [0, 0.05) is 12.6 Å². The maximum Gasteiger partial charge on any atom is 0.412 e. The molecular weight excluding hydrogens is 317 g/mol. The number of nitrogens with one attached hydrogen (secondary N) is 1. The molecule has 0 saturated carbocycles. The highest BCUT2D eigenvalue weighted by Gasteiger charge is 2.22. The lowest BCUT2D eigenvalue weighted by molar-refractivity contribution is 0.0634. The number of hydrogen-bond acceptors (Lipinski definition) is 4. The predicted octanol–water partition coefficient (Wildman–Crippen LogP) is 3.27. The summed E-state index contributed by atoms with van der Waals surface area (Å²) in [7, 11) is 1.53. The number of ether oxygens (including phenoxy) is 1. The van der Waals surface area contributed by atoms with Gasteiger partial charge in [0.25, 0.3) is 0 Å². The Balaban J connectivity index is 2.48. The Kier molecular flexibility index (Phi) is 4.59. The van der Waals surface area contributed by atoms with E-state index in [2.05, 4.69) is 10.4 Å². The number of aromatic nitrogens is 2. The molecule has 0 aliphatic carbocycles. The topological polar surface area (TPSA) is 93.5 Å². The number of carboxylic acid groups (broad SMARTS) is 1. The lowest BCUT2D eigenvalue weighted by atomic mass is 10.1. The SMILES string of the molecule is Cn1ncc(C(=O)O)c1-c1cc(F)ccc1NC(=O)OC(C)(C)C. The molecule has 1 aromatic carbocycles. The highest BCUT2D eigenvalue weighted by molar-refractivity contribution is 5.99. The monoisotopic (exact) mass is 335 g/mol. The van der Waals surface area contributed by atoms with Gasteiger partial charge in [0.1, 0.15) is 17.0 Å². The second kappa shape index (κ2) is 6.31.